The minimum Gasteiger partial charge on any atom is -0.481 e. The van der Waals surface area contributed by atoms with Crippen molar-refractivity contribution < 1.29 is 19.5 Å². The Morgan fingerprint density at radius 2 is 2.06 bits per heavy atom. The SMILES string of the molecule is CC1(C)CCC(=O)C2=C1C(=O)C(CC(=O)O)C2. The van der Waals surface area contributed by atoms with E-state index in [1.54, 1.807) is 0 Å². The van der Waals surface area contributed by atoms with Gasteiger partial charge in [0.1, 0.15) is 0 Å². The third-order valence-corrected chi connectivity index (χ3v) is 3.78. The molecule has 1 N–H and O–H groups in total. The zero-order chi connectivity index (χ0) is 12.8. The first-order valence-electron chi connectivity index (χ1n) is 5.86. The Morgan fingerprint density at radius 1 is 1.41 bits per heavy atom. The number of carbonyl (C=O) groups is 3. The Bertz CT molecular complexity index is 442. The second-order valence-corrected chi connectivity index (χ2v) is 5.52. The Kier molecular flexibility index (Phi) is 2.68. The van der Waals surface area contributed by atoms with Gasteiger partial charge in [0.05, 0.1) is 6.42 Å². The maximum absolute atomic E-state index is 12.2. The molecule has 0 saturated carbocycles. The Hall–Kier alpha value is -1.45. The van der Waals surface area contributed by atoms with Crippen LogP contribution in [0.1, 0.15) is 39.5 Å². The van der Waals surface area contributed by atoms with Gasteiger partial charge in [-0.1, -0.05) is 13.8 Å². The molecule has 92 valence electrons. The summed E-state index contributed by atoms with van der Waals surface area (Å²) < 4.78 is 0. The third-order valence-electron chi connectivity index (χ3n) is 3.78. The molecule has 2 aliphatic carbocycles. The highest BCUT2D eigenvalue weighted by Gasteiger charge is 2.45. The zero-order valence-corrected chi connectivity index (χ0v) is 10.1. The number of aliphatic carboxylic acids is 1. The molecule has 0 radical (unpaired) electrons. The van der Waals surface area contributed by atoms with E-state index < -0.39 is 11.9 Å². The van der Waals surface area contributed by atoms with Gasteiger partial charge in [0, 0.05) is 23.5 Å². The van der Waals surface area contributed by atoms with Crippen LogP contribution in [0, 0.1) is 11.3 Å². The molecule has 17 heavy (non-hydrogen) atoms. The molecule has 0 aliphatic heterocycles. The van der Waals surface area contributed by atoms with Gasteiger partial charge in [-0.2, -0.15) is 0 Å². The molecular weight excluding hydrogens is 220 g/mol. The summed E-state index contributed by atoms with van der Waals surface area (Å²) in [5.41, 5.74) is 0.908. The predicted octanol–water partition coefficient (Wildman–Crippen LogP) is 1.74. The summed E-state index contributed by atoms with van der Waals surface area (Å²) in [5.74, 6) is -1.60. The highest BCUT2D eigenvalue weighted by molar-refractivity contribution is 6.13. The third kappa shape index (κ3) is 1.92. The highest BCUT2D eigenvalue weighted by atomic mass is 16.4. The van der Waals surface area contributed by atoms with Crippen LogP contribution in [0.3, 0.4) is 0 Å². The second kappa shape index (κ2) is 3.79. The molecular formula is C13H16O4. The zero-order valence-electron chi connectivity index (χ0n) is 10.1. The fraction of sp³-hybridized carbons (Fsp3) is 0.615. The van der Waals surface area contributed by atoms with Gasteiger partial charge in [0.25, 0.3) is 0 Å². The van der Waals surface area contributed by atoms with E-state index >= 15 is 0 Å². The molecule has 4 nitrogen and oxygen atoms in total. The van der Waals surface area contributed by atoms with Gasteiger partial charge in [0.15, 0.2) is 11.6 Å². The average molecular weight is 236 g/mol. The molecule has 0 fully saturated rings. The molecule has 0 bridgehead atoms. The number of allylic oxidation sites excluding steroid dienone is 2. The largest absolute Gasteiger partial charge is 0.481 e. The van der Waals surface area contributed by atoms with Crippen LogP contribution in [0.5, 0.6) is 0 Å². The Morgan fingerprint density at radius 3 is 2.59 bits per heavy atom. The first-order chi connectivity index (χ1) is 7.83. The minimum absolute atomic E-state index is 0.0283. The lowest BCUT2D eigenvalue weighted by Crippen LogP contribution is -2.28. The van der Waals surface area contributed by atoms with Crippen molar-refractivity contribution in [1.29, 1.82) is 0 Å². The fourth-order valence-electron chi connectivity index (χ4n) is 2.87. The summed E-state index contributed by atoms with van der Waals surface area (Å²) >= 11 is 0. The normalized spacial score (nSPS) is 27.3. The van der Waals surface area contributed by atoms with Crippen molar-refractivity contribution in [2.75, 3.05) is 0 Å². The van der Waals surface area contributed by atoms with E-state index in [4.69, 9.17) is 5.11 Å². The van der Waals surface area contributed by atoms with E-state index in [1.807, 2.05) is 13.8 Å². The van der Waals surface area contributed by atoms with E-state index in [1.165, 1.54) is 0 Å². The van der Waals surface area contributed by atoms with E-state index in [2.05, 4.69) is 0 Å². The van der Waals surface area contributed by atoms with E-state index in [9.17, 15) is 14.4 Å². The summed E-state index contributed by atoms with van der Waals surface area (Å²) in [7, 11) is 0. The van der Waals surface area contributed by atoms with E-state index in [0.717, 1.165) is 0 Å². The molecule has 2 aliphatic rings. The fourth-order valence-corrected chi connectivity index (χ4v) is 2.87. The number of hydrogen-bond acceptors (Lipinski definition) is 3. The predicted molar refractivity (Wildman–Crippen MR) is 60.4 cm³/mol. The van der Waals surface area contributed by atoms with Gasteiger partial charge in [-0.15, -0.1) is 0 Å². The van der Waals surface area contributed by atoms with E-state index in [-0.39, 0.29) is 23.4 Å². The van der Waals surface area contributed by atoms with Crippen molar-refractivity contribution in [3.05, 3.63) is 11.1 Å². The van der Waals surface area contributed by atoms with E-state index in [0.29, 0.717) is 30.4 Å². The van der Waals surface area contributed by atoms with Gasteiger partial charge in [-0.25, -0.2) is 0 Å². The van der Waals surface area contributed by atoms with Crippen LogP contribution < -0.4 is 0 Å². The van der Waals surface area contributed by atoms with Crippen molar-refractivity contribution in [3.63, 3.8) is 0 Å². The smallest absolute Gasteiger partial charge is 0.304 e. The quantitative estimate of drug-likeness (QED) is 0.792. The second-order valence-electron chi connectivity index (χ2n) is 5.52. The van der Waals surface area contributed by atoms with Crippen LogP contribution in [0.4, 0.5) is 0 Å². The molecule has 0 amide bonds. The lowest BCUT2D eigenvalue weighted by Gasteiger charge is -2.30. The lowest BCUT2D eigenvalue weighted by atomic mass is 9.72. The van der Waals surface area contributed by atoms with Crippen LogP contribution in [0.15, 0.2) is 11.1 Å². The molecule has 0 heterocycles. The molecule has 0 aromatic rings. The topological polar surface area (TPSA) is 71.4 Å². The van der Waals surface area contributed by atoms with Crippen LogP contribution >= 0.6 is 0 Å². The molecule has 1 unspecified atom stereocenters. The number of hydrogen-bond donors (Lipinski definition) is 1. The number of rotatable bonds is 2. The van der Waals surface area contributed by atoms with Crippen LogP contribution in [-0.4, -0.2) is 22.6 Å². The van der Waals surface area contributed by atoms with Crippen molar-refractivity contribution in [3.8, 4) is 0 Å². The molecule has 1 atom stereocenters. The Balaban J connectivity index is 2.34. The summed E-state index contributed by atoms with van der Waals surface area (Å²) in [5, 5.41) is 8.77. The van der Waals surface area contributed by atoms with Crippen molar-refractivity contribution in [1.82, 2.24) is 0 Å². The number of ketones is 2. The highest BCUT2D eigenvalue weighted by Crippen LogP contribution is 2.47. The number of carbonyl (C=O) groups excluding carboxylic acids is 2. The van der Waals surface area contributed by atoms with Gasteiger partial charge >= 0.3 is 5.97 Å². The molecule has 2 rings (SSSR count). The van der Waals surface area contributed by atoms with Crippen LogP contribution in [0.2, 0.25) is 0 Å². The molecule has 0 aromatic carbocycles. The van der Waals surface area contributed by atoms with Crippen LogP contribution in [0.25, 0.3) is 0 Å². The van der Waals surface area contributed by atoms with Gasteiger partial charge < -0.3 is 5.11 Å². The van der Waals surface area contributed by atoms with Gasteiger partial charge in [-0.3, -0.25) is 14.4 Å². The molecule has 0 spiro atoms. The first kappa shape index (κ1) is 12.0. The van der Waals surface area contributed by atoms with Gasteiger partial charge in [0.2, 0.25) is 0 Å². The molecule has 0 aromatic heterocycles. The average Bonchev–Trinajstić information content (AvgIpc) is 2.52. The first-order valence-corrected chi connectivity index (χ1v) is 5.86. The molecule has 4 heteroatoms. The maximum atomic E-state index is 12.2. The monoisotopic (exact) mass is 236 g/mol. The van der Waals surface area contributed by atoms with Crippen molar-refractivity contribution >= 4 is 17.5 Å². The van der Waals surface area contributed by atoms with Crippen molar-refractivity contribution in [2.24, 2.45) is 11.3 Å². The van der Waals surface area contributed by atoms with Crippen molar-refractivity contribution in [2.45, 2.75) is 39.5 Å². The number of Topliss-reactive ketones (excluding diaryl/α,β-unsaturated/α-hetero) is 2. The standard InChI is InChI=1S/C13H16O4/c1-13(2)4-3-9(14)8-5-7(6-10(15)16)12(17)11(8)13/h7H,3-6H2,1-2H3,(H,15,16). The lowest BCUT2D eigenvalue weighted by molar-refractivity contribution is -0.140. The minimum atomic E-state index is -0.978. The molecule has 0 saturated heterocycles. The maximum Gasteiger partial charge on any atom is 0.304 e. The van der Waals surface area contributed by atoms with Crippen LogP contribution in [-0.2, 0) is 14.4 Å². The summed E-state index contributed by atoms with van der Waals surface area (Å²) in [4.78, 5) is 34.6. The number of carboxylic acid groups (broad SMARTS) is 1. The summed E-state index contributed by atoms with van der Waals surface area (Å²) in [6.07, 6.45) is 1.30. The Labute approximate surface area is 99.7 Å². The number of carboxylic acids is 1. The summed E-state index contributed by atoms with van der Waals surface area (Å²) in [6.45, 7) is 3.91. The summed E-state index contributed by atoms with van der Waals surface area (Å²) in [6, 6.07) is 0. The van der Waals surface area contributed by atoms with Gasteiger partial charge in [-0.05, 0) is 18.3 Å².